The monoisotopic (exact) mass is 441 g/mol. The maximum Gasteiger partial charge on any atom is 0.274 e. The van der Waals surface area contributed by atoms with Gasteiger partial charge in [0, 0.05) is 19.0 Å². The Balaban J connectivity index is 1.48. The molecular weight excluding hydrogens is 418 g/mol. The summed E-state index contributed by atoms with van der Waals surface area (Å²) in [4.78, 5) is 28.1. The van der Waals surface area contributed by atoms with Crippen LogP contribution in [0.25, 0.3) is 10.8 Å². The number of benzene rings is 3. The number of hydrogen-bond acceptors (Lipinski definition) is 5. The standard InChI is InChI=1S/C26H23N3O4/c1-28(16-19-11-12-22-23(15-19)33-14-13-32-22)26(31)24-20-9-5-6-10-21(20)25(30)29(27-24)17-18-7-3-2-4-8-18/h2-12,15H,13-14,16-17H2,1H3. The molecule has 1 aromatic heterocycles. The molecule has 33 heavy (non-hydrogen) atoms. The zero-order valence-electron chi connectivity index (χ0n) is 18.2. The van der Waals surface area contributed by atoms with Crippen LogP contribution < -0.4 is 15.0 Å². The number of hydrogen-bond donors (Lipinski definition) is 0. The minimum Gasteiger partial charge on any atom is -0.486 e. The third-order valence-electron chi connectivity index (χ3n) is 5.62. The van der Waals surface area contributed by atoms with Gasteiger partial charge in [0.15, 0.2) is 17.2 Å². The number of amides is 1. The molecule has 2 heterocycles. The first-order valence-electron chi connectivity index (χ1n) is 10.8. The lowest BCUT2D eigenvalue weighted by atomic mass is 10.1. The van der Waals surface area contributed by atoms with Crippen molar-refractivity contribution >= 4 is 16.7 Å². The van der Waals surface area contributed by atoms with Crippen LogP contribution in [0.3, 0.4) is 0 Å². The van der Waals surface area contributed by atoms with Gasteiger partial charge in [-0.2, -0.15) is 5.10 Å². The second-order valence-electron chi connectivity index (χ2n) is 7.98. The van der Waals surface area contributed by atoms with Gasteiger partial charge in [0.25, 0.3) is 11.5 Å². The fraction of sp³-hybridized carbons (Fsp3) is 0.192. The predicted octanol–water partition coefficient (Wildman–Crippen LogP) is 3.49. The van der Waals surface area contributed by atoms with Gasteiger partial charge in [-0.05, 0) is 29.3 Å². The summed E-state index contributed by atoms with van der Waals surface area (Å²) >= 11 is 0. The molecule has 0 unspecified atom stereocenters. The Labute approximate surface area is 190 Å². The number of ether oxygens (including phenoxy) is 2. The molecule has 0 spiro atoms. The highest BCUT2D eigenvalue weighted by molar-refractivity contribution is 6.04. The van der Waals surface area contributed by atoms with Gasteiger partial charge in [-0.15, -0.1) is 0 Å². The van der Waals surface area contributed by atoms with Gasteiger partial charge in [-0.1, -0.05) is 54.6 Å². The van der Waals surface area contributed by atoms with E-state index in [1.54, 1.807) is 30.1 Å². The summed E-state index contributed by atoms with van der Waals surface area (Å²) in [6, 6.07) is 22.4. The predicted molar refractivity (Wildman–Crippen MR) is 125 cm³/mol. The molecular formula is C26H23N3O4. The largest absolute Gasteiger partial charge is 0.486 e. The lowest BCUT2D eigenvalue weighted by Gasteiger charge is -2.21. The molecule has 0 fully saturated rings. The second-order valence-corrected chi connectivity index (χ2v) is 7.98. The van der Waals surface area contributed by atoms with Crippen molar-refractivity contribution < 1.29 is 14.3 Å². The molecule has 5 rings (SSSR count). The van der Waals surface area contributed by atoms with Crippen LogP contribution in [0.15, 0.2) is 77.6 Å². The first kappa shape index (κ1) is 20.8. The van der Waals surface area contributed by atoms with Gasteiger partial charge in [-0.3, -0.25) is 9.59 Å². The van der Waals surface area contributed by atoms with E-state index in [1.807, 2.05) is 54.6 Å². The normalized spacial score (nSPS) is 12.5. The molecule has 1 amide bonds. The number of rotatable bonds is 5. The van der Waals surface area contributed by atoms with E-state index in [4.69, 9.17) is 9.47 Å². The molecule has 0 saturated carbocycles. The maximum absolute atomic E-state index is 13.5. The highest BCUT2D eigenvalue weighted by Crippen LogP contribution is 2.31. The summed E-state index contributed by atoms with van der Waals surface area (Å²) in [7, 11) is 1.72. The van der Waals surface area contributed by atoms with Gasteiger partial charge < -0.3 is 14.4 Å². The summed E-state index contributed by atoms with van der Waals surface area (Å²) in [6.45, 7) is 1.69. The molecule has 166 valence electrons. The Hall–Kier alpha value is -4.13. The van der Waals surface area contributed by atoms with Crippen LogP contribution in [0.2, 0.25) is 0 Å². The SMILES string of the molecule is CN(Cc1ccc2c(c1)OCCO2)C(=O)c1nn(Cc2ccccc2)c(=O)c2ccccc12. The van der Waals surface area contributed by atoms with Crippen molar-refractivity contribution in [2.45, 2.75) is 13.1 Å². The molecule has 0 N–H and O–H groups in total. The van der Waals surface area contributed by atoms with Crippen molar-refractivity contribution in [1.29, 1.82) is 0 Å². The summed E-state index contributed by atoms with van der Waals surface area (Å²) in [6.07, 6.45) is 0. The Morgan fingerprint density at radius 2 is 1.61 bits per heavy atom. The lowest BCUT2D eigenvalue weighted by Crippen LogP contribution is -2.32. The smallest absolute Gasteiger partial charge is 0.274 e. The van der Waals surface area contributed by atoms with E-state index in [1.165, 1.54) is 4.68 Å². The van der Waals surface area contributed by atoms with E-state index in [0.717, 1.165) is 11.1 Å². The molecule has 1 aliphatic rings. The minimum absolute atomic E-state index is 0.222. The zero-order chi connectivity index (χ0) is 22.8. The van der Waals surface area contributed by atoms with Crippen molar-refractivity contribution in [3.8, 4) is 11.5 Å². The van der Waals surface area contributed by atoms with Gasteiger partial charge in [-0.25, -0.2) is 4.68 Å². The van der Waals surface area contributed by atoms with E-state index in [9.17, 15) is 9.59 Å². The summed E-state index contributed by atoms with van der Waals surface area (Å²) in [5.74, 6) is 1.13. The fourth-order valence-electron chi connectivity index (χ4n) is 3.97. The first-order valence-corrected chi connectivity index (χ1v) is 10.8. The molecule has 0 aliphatic carbocycles. The van der Waals surface area contributed by atoms with Crippen LogP contribution in [0.1, 0.15) is 21.6 Å². The summed E-state index contributed by atoms with van der Waals surface area (Å²) in [5, 5.41) is 5.52. The van der Waals surface area contributed by atoms with E-state index in [2.05, 4.69) is 5.10 Å². The zero-order valence-corrected chi connectivity index (χ0v) is 18.2. The Morgan fingerprint density at radius 1 is 0.909 bits per heavy atom. The van der Waals surface area contributed by atoms with Crippen molar-refractivity contribution in [2.24, 2.45) is 0 Å². The van der Waals surface area contributed by atoms with Gasteiger partial charge in [0.05, 0.1) is 11.9 Å². The summed E-state index contributed by atoms with van der Waals surface area (Å²) in [5.41, 5.74) is 1.88. The Morgan fingerprint density at radius 3 is 2.39 bits per heavy atom. The van der Waals surface area contributed by atoms with Crippen molar-refractivity contribution in [1.82, 2.24) is 14.7 Å². The van der Waals surface area contributed by atoms with Crippen LogP contribution in [0, 0.1) is 0 Å². The Kier molecular flexibility index (Phi) is 5.52. The number of carbonyl (C=O) groups is 1. The third kappa shape index (κ3) is 4.17. The molecule has 3 aromatic carbocycles. The average Bonchev–Trinajstić information content (AvgIpc) is 2.86. The van der Waals surface area contributed by atoms with E-state index < -0.39 is 0 Å². The third-order valence-corrected chi connectivity index (χ3v) is 5.62. The van der Waals surface area contributed by atoms with Crippen LogP contribution >= 0.6 is 0 Å². The molecule has 0 saturated heterocycles. The minimum atomic E-state index is -0.261. The van der Waals surface area contributed by atoms with Crippen LogP contribution in [-0.2, 0) is 13.1 Å². The molecule has 0 bridgehead atoms. The van der Waals surface area contributed by atoms with Gasteiger partial charge in [0.2, 0.25) is 0 Å². The van der Waals surface area contributed by atoms with Crippen molar-refractivity contribution in [3.05, 3.63) is 100.0 Å². The van der Waals surface area contributed by atoms with Gasteiger partial charge in [0.1, 0.15) is 13.2 Å². The first-order chi connectivity index (χ1) is 16.1. The lowest BCUT2D eigenvalue weighted by molar-refractivity contribution is 0.0778. The Bertz CT molecular complexity index is 1380. The quantitative estimate of drug-likeness (QED) is 0.474. The fourth-order valence-corrected chi connectivity index (χ4v) is 3.97. The van der Waals surface area contributed by atoms with Crippen LogP contribution in [0.4, 0.5) is 0 Å². The molecule has 7 nitrogen and oxygen atoms in total. The highest BCUT2D eigenvalue weighted by Gasteiger charge is 2.21. The molecule has 0 atom stereocenters. The number of carbonyl (C=O) groups excluding carboxylic acids is 1. The summed E-state index contributed by atoms with van der Waals surface area (Å²) < 4.78 is 12.6. The highest BCUT2D eigenvalue weighted by atomic mass is 16.6. The molecule has 1 aliphatic heterocycles. The number of nitrogens with zero attached hydrogens (tertiary/aromatic N) is 3. The van der Waals surface area contributed by atoms with Crippen molar-refractivity contribution in [2.75, 3.05) is 20.3 Å². The van der Waals surface area contributed by atoms with Gasteiger partial charge >= 0.3 is 0 Å². The van der Waals surface area contributed by atoms with E-state index in [-0.39, 0.29) is 23.7 Å². The van der Waals surface area contributed by atoms with E-state index in [0.29, 0.717) is 42.0 Å². The van der Waals surface area contributed by atoms with E-state index >= 15 is 0 Å². The maximum atomic E-state index is 13.5. The van der Waals surface area contributed by atoms with Crippen molar-refractivity contribution in [3.63, 3.8) is 0 Å². The van der Waals surface area contributed by atoms with Crippen LogP contribution in [0.5, 0.6) is 11.5 Å². The molecule has 4 aromatic rings. The topological polar surface area (TPSA) is 73.7 Å². The molecule has 0 radical (unpaired) electrons. The number of aromatic nitrogens is 2. The second kappa shape index (κ2) is 8.78. The molecule has 7 heteroatoms. The average molecular weight is 441 g/mol. The number of fused-ring (bicyclic) bond motifs is 2. The van der Waals surface area contributed by atoms with Crippen LogP contribution in [-0.4, -0.2) is 40.8 Å².